The van der Waals surface area contributed by atoms with E-state index in [1.165, 1.54) is 12.1 Å². The summed E-state index contributed by atoms with van der Waals surface area (Å²) in [5, 5.41) is 18.3. The Morgan fingerprint density at radius 2 is 1.65 bits per heavy atom. The van der Waals surface area contributed by atoms with Gasteiger partial charge in [-0.15, -0.1) is 0 Å². The maximum Gasteiger partial charge on any atom is 0.416 e. The van der Waals surface area contributed by atoms with Gasteiger partial charge < -0.3 is 21.1 Å². The first kappa shape index (κ1) is 17.0. The third kappa shape index (κ3) is 4.53. The first-order valence-corrected chi connectivity index (χ1v) is 6.96. The van der Waals surface area contributed by atoms with Gasteiger partial charge in [0, 0.05) is 24.1 Å². The van der Waals surface area contributed by atoms with E-state index < -0.39 is 18.1 Å². The largest absolute Gasteiger partial charge is 0.416 e. The van der Waals surface area contributed by atoms with Gasteiger partial charge in [0.1, 0.15) is 0 Å². The van der Waals surface area contributed by atoms with E-state index in [2.05, 4.69) is 16.0 Å². The highest BCUT2D eigenvalue weighted by molar-refractivity contribution is 5.61. The molecule has 0 saturated heterocycles. The molecular formula is C16H18F3N3O. The molecule has 1 unspecified atom stereocenters. The van der Waals surface area contributed by atoms with Crippen LogP contribution in [0.15, 0.2) is 42.5 Å². The van der Waals surface area contributed by atoms with E-state index in [1.807, 2.05) is 13.0 Å². The zero-order chi connectivity index (χ0) is 17.0. The molecule has 0 spiro atoms. The summed E-state index contributed by atoms with van der Waals surface area (Å²) >= 11 is 0. The number of aliphatic hydroxyl groups is 1. The van der Waals surface area contributed by atoms with Gasteiger partial charge in [0.25, 0.3) is 0 Å². The van der Waals surface area contributed by atoms with Crippen LogP contribution in [0.2, 0.25) is 0 Å². The molecule has 0 aliphatic carbocycles. The molecule has 23 heavy (non-hydrogen) atoms. The van der Waals surface area contributed by atoms with Gasteiger partial charge in [-0.3, -0.25) is 0 Å². The molecule has 1 atom stereocenters. The summed E-state index contributed by atoms with van der Waals surface area (Å²) in [5.74, 6) is 0. The first-order valence-electron chi connectivity index (χ1n) is 6.96. The van der Waals surface area contributed by atoms with Crippen LogP contribution in [0.5, 0.6) is 0 Å². The molecule has 2 aromatic carbocycles. The van der Waals surface area contributed by atoms with Crippen molar-refractivity contribution >= 4 is 17.1 Å². The van der Waals surface area contributed by atoms with Crippen molar-refractivity contribution in [1.29, 1.82) is 0 Å². The van der Waals surface area contributed by atoms with Crippen LogP contribution >= 0.6 is 0 Å². The predicted molar refractivity (Wildman–Crippen MR) is 85.4 cm³/mol. The van der Waals surface area contributed by atoms with Crippen LogP contribution in [0.4, 0.5) is 30.2 Å². The number of halogens is 3. The van der Waals surface area contributed by atoms with E-state index in [0.717, 1.165) is 23.4 Å². The van der Waals surface area contributed by atoms with Crippen LogP contribution in [-0.2, 0) is 6.18 Å². The Bertz CT molecular complexity index is 674. The van der Waals surface area contributed by atoms with E-state index >= 15 is 0 Å². The summed E-state index contributed by atoms with van der Waals surface area (Å²) in [6.07, 6.45) is -5.65. The van der Waals surface area contributed by atoms with E-state index in [4.69, 9.17) is 0 Å². The van der Waals surface area contributed by atoms with Crippen molar-refractivity contribution in [2.24, 2.45) is 0 Å². The minimum Gasteiger partial charge on any atom is -0.388 e. The predicted octanol–water partition coefficient (Wildman–Crippen LogP) is 3.86. The number of alkyl halides is 3. The minimum absolute atomic E-state index is 0.167. The lowest BCUT2D eigenvalue weighted by Crippen LogP contribution is -2.28. The van der Waals surface area contributed by atoms with E-state index in [1.54, 1.807) is 19.2 Å². The Morgan fingerprint density at radius 3 is 2.26 bits per heavy atom. The zero-order valence-electron chi connectivity index (χ0n) is 12.7. The fourth-order valence-corrected chi connectivity index (χ4v) is 2.12. The molecule has 4 nitrogen and oxygen atoms in total. The van der Waals surface area contributed by atoms with Crippen LogP contribution in [-0.4, -0.2) is 18.5 Å². The van der Waals surface area contributed by atoms with Gasteiger partial charge >= 0.3 is 6.18 Å². The van der Waals surface area contributed by atoms with Crippen molar-refractivity contribution in [3.05, 3.63) is 53.6 Å². The van der Waals surface area contributed by atoms with Crippen molar-refractivity contribution in [3.8, 4) is 0 Å². The maximum atomic E-state index is 12.7. The summed E-state index contributed by atoms with van der Waals surface area (Å²) in [6.45, 7) is 1.94. The summed E-state index contributed by atoms with van der Waals surface area (Å²) in [6, 6.07) is 10.1. The monoisotopic (exact) mass is 325 g/mol. The maximum absolute atomic E-state index is 12.7. The van der Waals surface area contributed by atoms with E-state index in [0.29, 0.717) is 5.69 Å². The standard InChI is InChI=1S/C16H18F3N3O/c1-10-6-7-13(9-14(10)20-2)22-15(23)21-12-5-3-4-11(8-12)16(17,18)19/h3-9,15,20-23H,1-2H3. The molecule has 4 N–H and O–H groups in total. The Kier molecular flexibility index (Phi) is 5.00. The van der Waals surface area contributed by atoms with Gasteiger partial charge in [-0.1, -0.05) is 12.1 Å². The van der Waals surface area contributed by atoms with Crippen molar-refractivity contribution in [2.45, 2.75) is 19.5 Å². The lowest BCUT2D eigenvalue weighted by atomic mass is 10.2. The summed E-state index contributed by atoms with van der Waals surface area (Å²) in [7, 11) is 1.78. The lowest BCUT2D eigenvalue weighted by molar-refractivity contribution is -0.137. The molecular weight excluding hydrogens is 307 g/mol. The Balaban J connectivity index is 2.06. The number of anilines is 3. The Morgan fingerprint density at radius 1 is 1.00 bits per heavy atom. The van der Waals surface area contributed by atoms with Gasteiger partial charge in [0.15, 0.2) is 0 Å². The van der Waals surface area contributed by atoms with Crippen LogP contribution in [0.3, 0.4) is 0 Å². The molecule has 2 aromatic rings. The second-order valence-electron chi connectivity index (χ2n) is 5.05. The van der Waals surface area contributed by atoms with Gasteiger partial charge in [-0.05, 0) is 42.8 Å². The number of aliphatic hydroxyl groups excluding tert-OH is 1. The number of benzene rings is 2. The Labute approximate surface area is 132 Å². The van der Waals surface area contributed by atoms with Crippen LogP contribution in [0, 0.1) is 6.92 Å². The Hall–Kier alpha value is -2.41. The third-order valence-corrected chi connectivity index (χ3v) is 3.30. The zero-order valence-corrected chi connectivity index (χ0v) is 12.7. The SMILES string of the molecule is CNc1cc(NC(O)Nc2cccc(C(F)(F)F)c2)ccc1C. The molecule has 0 saturated carbocycles. The van der Waals surface area contributed by atoms with E-state index in [9.17, 15) is 18.3 Å². The van der Waals surface area contributed by atoms with Gasteiger partial charge in [0.2, 0.25) is 6.35 Å². The topological polar surface area (TPSA) is 56.3 Å². The highest BCUT2D eigenvalue weighted by Crippen LogP contribution is 2.30. The molecule has 0 bridgehead atoms. The van der Waals surface area contributed by atoms with Crippen molar-refractivity contribution in [2.75, 3.05) is 23.0 Å². The van der Waals surface area contributed by atoms with Crippen LogP contribution in [0.1, 0.15) is 11.1 Å². The minimum atomic E-state index is -4.42. The fourth-order valence-electron chi connectivity index (χ4n) is 2.12. The second-order valence-corrected chi connectivity index (χ2v) is 5.05. The molecule has 0 amide bonds. The third-order valence-electron chi connectivity index (χ3n) is 3.30. The summed E-state index contributed by atoms with van der Waals surface area (Å²) in [4.78, 5) is 0. The van der Waals surface area contributed by atoms with Crippen LogP contribution < -0.4 is 16.0 Å². The number of hydrogen-bond acceptors (Lipinski definition) is 4. The summed E-state index contributed by atoms with van der Waals surface area (Å²) < 4.78 is 38.0. The molecule has 124 valence electrons. The average molecular weight is 325 g/mol. The molecule has 0 fully saturated rings. The highest BCUT2D eigenvalue weighted by atomic mass is 19.4. The molecule has 0 aliphatic rings. The molecule has 0 aromatic heterocycles. The second kappa shape index (κ2) is 6.78. The molecule has 2 rings (SSSR count). The molecule has 0 heterocycles. The number of hydrogen-bond donors (Lipinski definition) is 4. The highest BCUT2D eigenvalue weighted by Gasteiger charge is 2.30. The average Bonchev–Trinajstić information content (AvgIpc) is 2.48. The van der Waals surface area contributed by atoms with E-state index in [-0.39, 0.29) is 5.69 Å². The number of rotatable bonds is 5. The smallest absolute Gasteiger partial charge is 0.388 e. The van der Waals surface area contributed by atoms with Crippen molar-refractivity contribution in [1.82, 2.24) is 0 Å². The molecule has 7 heteroatoms. The number of nitrogens with one attached hydrogen (secondary N) is 3. The molecule has 0 aliphatic heterocycles. The number of aryl methyl sites for hydroxylation is 1. The van der Waals surface area contributed by atoms with Crippen LogP contribution in [0.25, 0.3) is 0 Å². The fraction of sp³-hybridized carbons (Fsp3) is 0.250. The van der Waals surface area contributed by atoms with Gasteiger partial charge in [-0.2, -0.15) is 13.2 Å². The van der Waals surface area contributed by atoms with Crippen molar-refractivity contribution in [3.63, 3.8) is 0 Å². The normalized spacial score (nSPS) is 12.6. The quantitative estimate of drug-likeness (QED) is 0.631. The molecule has 0 radical (unpaired) electrons. The van der Waals surface area contributed by atoms with Crippen molar-refractivity contribution < 1.29 is 18.3 Å². The summed E-state index contributed by atoms with van der Waals surface area (Å²) in [5.41, 5.74) is 1.95. The van der Waals surface area contributed by atoms with Gasteiger partial charge in [-0.25, -0.2) is 0 Å². The van der Waals surface area contributed by atoms with Gasteiger partial charge in [0.05, 0.1) is 5.56 Å². The first-order chi connectivity index (χ1) is 10.8. The lowest BCUT2D eigenvalue weighted by Gasteiger charge is -2.18.